The van der Waals surface area contributed by atoms with E-state index >= 15 is 0 Å². The summed E-state index contributed by atoms with van der Waals surface area (Å²) in [5.74, 6) is -1.02. The summed E-state index contributed by atoms with van der Waals surface area (Å²) in [6, 6.07) is 9.95. The molecule has 2 amide bonds. The topological polar surface area (TPSA) is 82.3 Å². The second-order valence-electron chi connectivity index (χ2n) is 6.01. The smallest absolute Gasteiger partial charge is 0.232 e. The Morgan fingerprint density at radius 1 is 0.792 bits per heavy atom. The molecule has 0 spiro atoms. The van der Waals surface area contributed by atoms with E-state index in [-0.39, 0.29) is 11.8 Å². The molecule has 2 rings (SSSR count). The van der Waals surface area contributed by atoms with Crippen LogP contribution in [0.25, 0.3) is 0 Å². The van der Waals surface area contributed by atoms with E-state index in [1.165, 1.54) is 0 Å². The Labute approximate surface area is 143 Å². The molecule has 0 bridgehead atoms. The summed E-state index contributed by atoms with van der Waals surface area (Å²) >= 11 is 0. The lowest BCUT2D eigenvalue weighted by molar-refractivity contribution is -0.135. The second kappa shape index (κ2) is 10.8. The van der Waals surface area contributed by atoms with E-state index in [1.54, 1.807) is 0 Å². The van der Waals surface area contributed by atoms with Crippen LogP contribution < -0.4 is 21.3 Å². The van der Waals surface area contributed by atoms with Crippen molar-refractivity contribution in [2.24, 2.45) is 5.92 Å². The van der Waals surface area contributed by atoms with Crippen molar-refractivity contribution in [3.05, 3.63) is 35.9 Å². The largest absolute Gasteiger partial charge is 0.354 e. The predicted molar refractivity (Wildman–Crippen MR) is 94.6 cm³/mol. The molecular formula is C18H28N4O2. The molecule has 1 heterocycles. The van der Waals surface area contributed by atoms with Gasteiger partial charge in [0.2, 0.25) is 11.8 Å². The second-order valence-corrected chi connectivity index (χ2v) is 6.01. The zero-order chi connectivity index (χ0) is 17.0. The Hall–Kier alpha value is -1.92. The molecule has 0 aromatic heterocycles. The van der Waals surface area contributed by atoms with Crippen LogP contribution in [0.3, 0.4) is 0 Å². The van der Waals surface area contributed by atoms with Crippen LogP contribution in [0, 0.1) is 5.92 Å². The first-order chi connectivity index (χ1) is 11.8. The van der Waals surface area contributed by atoms with Gasteiger partial charge < -0.3 is 21.3 Å². The van der Waals surface area contributed by atoms with Crippen molar-refractivity contribution >= 4 is 11.8 Å². The van der Waals surface area contributed by atoms with Gasteiger partial charge >= 0.3 is 0 Å². The minimum absolute atomic E-state index is 0.185. The van der Waals surface area contributed by atoms with Crippen molar-refractivity contribution in [1.82, 2.24) is 21.3 Å². The van der Waals surface area contributed by atoms with E-state index in [4.69, 9.17) is 0 Å². The fraction of sp³-hybridized carbons (Fsp3) is 0.556. The van der Waals surface area contributed by atoms with Crippen molar-refractivity contribution in [3.63, 3.8) is 0 Å². The zero-order valence-corrected chi connectivity index (χ0v) is 14.1. The van der Waals surface area contributed by atoms with Crippen LogP contribution in [0.5, 0.6) is 0 Å². The monoisotopic (exact) mass is 332 g/mol. The first kappa shape index (κ1) is 18.4. The molecule has 0 radical (unpaired) electrons. The fourth-order valence-corrected chi connectivity index (χ4v) is 2.72. The lowest BCUT2D eigenvalue weighted by atomic mass is 9.97. The number of amides is 2. The summed E-state index contributed by atoms with van der Waals surface area (Å²) in [4.78, 5) is 24.8. The Balaban J connectivity index is 1.93. The van der Waals surface area contributed by atoms with Crippen LogP contribution in [-0.2, 0) is 16.0 Å². The van der Waals surface area contributed by atoms with Crippen LogP contribution in [0.15, 0.2) is 30.3 Å². The summed E-state index contributed by atoms with van der Waals surface area (Å²) < 4.78 is 0. The number of hydrogen-bond acceptors (Lipinski definition) is 4. The third-order valence-electron chi connectivity index (χ3n) is 4.11. The molecule has 6 nitrogen and oxygen atoms in total. The van der Waals surface area contributed by atoms with Crippen molar-refractivity contribution in [2.75, 3.05) is 39.3 Å². The summed E-state index contributed by atoms with van der Waals surface area (Å²) in [5, 5.41) is 12.3. The maximum absolute atomic E-state index is 12.4. The van der Waals surface area contributed by atoms with E-state index in [0.717, 1.165) is 38.2 Å². The molecule has 0 unspecified atom stereocenters. The maximum atomic E-state index is 12.4. The molecule has 1 aromatic rings. The first-order valence-electron chi connectivity index (χ1n) is 8.78. The quantitative estimate of drug-likeness (QED) is 0.590. The summed E-state index contributed by atoms with van der Waals surface area (Å²) in [5.41, 5.74) is 1.14. The van der Waals surface area contributed by atoms with Crippen LogP contribution in [0.1, 0.15) is 18.4 Å². The van der Waals surface area contributed by atoms with Gasteiger partial charge in [0.25, 0.3) is 0 Å². The Bertz CT molecular complexity index is 483. The van der Waals surface area contributed by atoms with E-state index in [2.05, 4.69) is 21.3 Å². The van der Waals surface area contributed by atoms with E-state index < -0.39 is 5.92 Å². The lowest BCUT2D eigenvalue weighted by Crippen LogP contribution is -2.45. The number of hydrogen-bond donors (Lipinski definition) is 4. The van der Waals surface area contributed by atoms with E-state index in [9.17, 15) is 9.59 Å². The van der Waals surface area contributed by atoms with Gasteiger partial charge in [0.05, 0.1) is 0 Å². The average Bonchev–Trinajstić information content (AvgIpc) is 2.60. The normalized spacial score (nSPS) is 19.2. The fourth-order valence-electron chi connectivity index (χ4n) is 2.72. The predicted octanol–water partition coefficient (Wildman–Crippen LogP) is 0.0507. The minimum atomic E-state index is -0.645. The number of nitrogens with one attached hydrogen (secondary N) is 4. The SMILES string of the molecule is O=C1NCCNCCCNCCNC(=O)C1CCc1ccccc1. The highest BCUT2D eigenvalue weighted by molar-refractivity contribution is 6.00. The molecule has 4 N–H and O–H groups in total. The molecule has 1 aromatic carbocycles. The lowest BCUT2D eigenvalue weighted by Gasteiger charge is -2.18. The minimum Gasteiger partial charge on any atom is -0.354 e. The highest BCUT2D eigenvalue weighted by atomic mass is 16.2. The molecule has 0 saturated carbocycles. The van der Waals surface area contributed by atoms with Gasteiger partial charge in [-0.2, -0.15) is 0 Å². The maximum Gasteiger partial charge on any atom is 0.232 e. The molecule has 6 heteroatoms. The van der Waals surface area contributed by atoms with Gasteiger partial charge in [-0.05, 0) is 37.9 Å². The molecular weight excluding hydrogens is 304 g/mol. The van der Waals surface area contributed by atoms with Gasteiger partial charge in [0.1, 0.15) is 5.92 Å². The summed E-state index contributed by atoms with van der Waals surface area (Å²) in [6.45, 7) is 4.37. The van der Waals surface area contributed by atoms with Crippen molar-refractivity contribution in [3.8, 4) is 0 Å². The third kappa shape index (κ3) is 6.68. The molecule has 1 fully saturated rings. The first-order valence-corrected chi connectivity index (χ1v) is 8.78. The molecule has 0 aliphatic carbocycles. The number of aryl methyl sites for hydroxylation is 1. The average molecular weight is 332 g/mol. The molecule has 1 aliphatic heterocycles. The molecule has 24 heavy (non-hydrogen) atoms. The molecule has 1 saturated heterocycles. The number of carbonyl (C=O) groups excluding carboxylic acids is 2. The molecule has 132 valence electrons. The standard InChI is InChI=1S/C18H28N4O2/c23-17-16(8-7-15-5-2-1-3-6-15)18(24)22-14-12-20-10-4-9-19-11-13-21-17/h1-3,5-6,16,19-20H,4,7-14H2,(H,21,23)(H,22,24). The van der Waals surface area contributed by atoms with Crippen molar-refractivity contribution < 1.29 is 9.59 Å². The van der Waals surface area contributed by atoms with Crippen LogP contribution in [0.2, 0.25) is 0 Å². The Morgan fingerprint density at radius 3 is 1.96 bits per heavy atom. The number of rotatable bonds is 3. The van der Waals surface area contributed by atoms with Gasteiger partial charge in [0.15, 0.2) is 0 Å². The van der Waals surface area contributed by atoms with Crippen LogP contribution >= 0.6 is 0 Å². The molecule has 0 atom stereocenters. The van der Waals surface area contributed by atoms with Gasteiger partial charge in [-0.15, -0.1) is 0 Å². The van der Waals surface area contributed by atoms with Crippen molar-refractivity contribution in [1.29, 1.82) is 0 Å². The Kier molecular flexibility index (Phi) is 8.27. The molecule has 1 aliphatic rings. The third-order valence-corrected chi connectivity index (χ3v) is 4.11. The van der Waals surface area contributed by atoms with Crippen LogP contribution in [0.4, 0.5) is 0 Å². The highest BCUT2D eigenvalue weighted by Gasteiger charge is 2.25. The van der Waals surface area contributed by atoms with E-state index in [0.29, 0.717) is 25.9 Å². The Morgan fingerprint density at radius 2 is 1.38 bits per heavy atom. The number of benzene rings is 1. The van der Waals surface area contributed by atoms with Crippen molar-refractivity contribution in [2.45, 2.75) is 19.3 Å². The highest BCUT2D eigenvalue weighted by Crippen LogP contribution is 2.11. The van der Waals surface area contributed by atoms with Gasteiger partial charge in [-0.3, -0.25) is 9.59 Å². The zero-order valence-electron chi connectivity index (χ0n) is 14.1. The van der Waals surface area contributed by atoms with Crippen LogP contribution in [-0.4, -0.2) is 51.1 Å². The van der Waals surface area contributed by atoms with Gasteiger partial charge in [-0.25, -0.2) is 0 Å². The number of carbonyl (C=O) groups is 2. The summed E-state index contributed by atoms with van der Waals surface area (Å²) in [7, 11) is 0. The summed E-state index contributed by atoms with van der Waals surface area (Å²) in [6.07, 6.45) is 2.26. The van der Waals surface area contributed by atoms with Gasteiger partial charge in [0, 0.05) is 26.2 Å². The van der Waals surface area contributed by atoms with E-state index in [1.807, 2.05) is 30.3 Å². The van der Waals surface area contributed by atoms with Gasteiger partial charge in [-0.1, -0.05) is 30.3 Å².